The topological polar surface area (TPSA) is 197 Å². The van der Waals surface area contributed by atoms with E-state index in [4.69, 9.17) is 14.2 Å². The molecule has 4 aromatic carbocycles. The van der Waals surface area contributed by atoms with Crippen LogP contribution in [0.5, 0.6) is 17.2 Å². The molecule has 340 valence electrons. The van der Waals surface area contributed by atoms with Crippen molar-refractivity contribution in [1.82, 2.24) is 20.5 Å². The average Bonchev–Trinajstić information content (AvgIpc) is 4.01. The van der Waals surface area contributed by atoms with Gasteiger partial charge in [0.1, 0.15) is 42.5 Å². The molecule has 3 amide bonds. The fourth-order valence-corrected chi connectivity index (χ4v) is 9.61. The van der Waals surface area contributed by atoms with Crippen molar-refractivity contribution in [3.8, 4) is 38.1 Å². The van der Waals surface area contributed by atoms with Gasteiger partial charge in [-0.25, -0.2) is 4.98 Å². The van der Waals surface area contributed by atoms with E-state index >= 15 is 0 Å². The highest BCUT2D eigenvalue weighted by Crippen LogP contribution is 2.41. The number of fused-ring (bicyclic) bond motifs is 1. The van der Waals surface area contributed by atoms with E-state index in [1.54, 1.807) is 83.6 Å². The Hall–Kier alpha value is -6.17. The number of carbonyl (C=O) groups excluding carboxylic acids is 4. The smallest absolute Gasteiger partial charge is 0.246 e. The molecule has 65 heavy (non-hydrogen) atoms. The number of amides is 3. The van der Waals surface area contributed by atoms with Gasteiger partial charge in [0.2, 0.25) is 17.7 Å². The number of likely N-dealkylation sites (tertiary alicyclic amines) is 1. The molecule has 7 rings (SSSR count). The summed E-state index contributed by atoms with van der Waals surface area (Å²) in [5, 5.41) is 36.8. The third-order valence-corrected chi connectivity index (χ3v) is 13.1. The second-order valence-electron chi connectivity index (χ2n) is 16.8. The Morgan fingerprint density at radius 2 is 1.51 bits per heavy atom. The summed E-state index contributed by atoms with van der Waals surface area (Å²) in [4.78, 5) is 61.7. The van der Waals surface area contributed by atoms with Gasteiger partial charge in [0.25, 0.3) is 0 Å². The van der Waals surface area contributed by atoms with Crippen LogP contribution < -0.4 is 15.4 Å². The zero-order valence-corrected chi connectivity index (χ0v) is 38.2. The first kappa shape index (κ1) is 46.8. The number of thiazole rings is 1. The van der Waals surface area contributed by atoms with E-state index in [1.807, 2.05) is 52.0 Å². The minimum Gasteiger partial charge on any atom is -0.508 e. The van der Waals surface area contributed by atoms with E-state index in [0.29, 0.717) is 16.9 Å². The number of β-amino-alcohol motifs (C(OH)–C–C–N with tert-alkyl or cyclic N) is 1. The van der Waals surface area contributed by atoms with Crippen LogP contribution in [0.3, 0.4) is 0 Å². The number of hydrogen-bond donors (Lipinski definition) is 5. The molecule has 3 heterocycles. The molecule has 16 heteroatoms. The molecule has 5 N–H and O–H groups in total. The number of aryl methyl sites for hydroxylation is 1. The van der Waals surface area contributed by atoms with Crippen molar-refractivity contribution >= 4 is 56.3 Å². The average molecular weight is 921 g/mol. The predicted molar refractivity (Wildman–Crippen MR) is 249 cm³/mol. The Morgan fingerprint density at radius 3 is 2.20 bits per heavy atom. The standard InChI is InChI=1S/C49H52N4O10S2/c1-29-44(64-28-51-29)32-7-5-30(6-8-32)25-50-47(59)39-23-36(56)26-53(39)48(60)46(49(2,3)4)52-41(57)27-62-20-19-61-21-22-63-37-16-11-31(12-17-37)43(58)42-38-18-15-35(55)24-40(38)65-45(42)33-9-13-34(54)14-10-33/h5-18,24,28,36,39,46,54-56H,19-23,25-27H2,1-4H3,(H,50,59)(H,52,57)/t36-,39+,46-/m1/s1. The molecular formula is C49H52N4O10S2. The number of nitrogens with one attached hydrogen (secondary N) is 2. The number of phenols is 2. The van der Waals surface area contributed by atoms with Crippen molar-refractivity contribution in [2.75, 3.05) is 39.6 Å². The van der Waals surface area contributed by atoms with Crippen molar-refractivity contribution in [2.45, 2.75) is 58.8 Å². The number of carbonyl (C=O) groups is 4. The van der Waals surface area contributed by atoms with Crippen molar-refractivity contribution in [2.24, 2.45) is 5.41 Å². The van der Waals surface area contributed by atoms with Crippen LogP contribution in [0.25, 0.3) is 31.0 Å². The van der Waals surface area contributed by atoms with E-state index in [9.17, 15) is 34.5 Å². The summed E-state index contributed by atoms with van der Waals surface area (Å²) in [6, 6.07) is 24.3. The van der Waals surface area contributed by atoms with E-state index in [-0.39, 0.29) is 75.7 Å². The Labute approximate surface area is 384 Å². The van der Waals surface area contributed by atoms with Crippen LogP contribution in [-0.2, 0) is 30.4 Å². The number of phenolic OH excluding ortho intramolecular Hbond substituents is 2. The third kappa shape index (κ3) is 11.6. The molecule has 6 aromatic rings. The first-order valence-electron chi connectivity index (χ1n) is 21.2. The molecule has 0 aliphatic carbocycles. The number of rotatable bonds is 18. The van der Waals surface area contributed by atoms with Crippen molar-refractivity contribution in [3.05, 3.63) is 119 Å². The van der Waals surface area contributed by atoms with Crippen LogP contribution >= 0.6 is 22.7 Å². The van der Waals surface area contributed by atoms with Gasteiger partial charge in [-0.2, -0.15) is 0 Å². The summed E-state index contributed by atoms with van der Waals surface area (Å²) in [5.74, 6) is -0.784. The molecule has 0 radical (unpaired) electrons. The van der Waals surface area contributed by atoms with E-state index in [0.717, 1.165) is 42.2 Å². The largest absolute Gasteiger partial charge is 0.508 e. The maximum absolute atomic E-state index is 14.0. The number of thiophene rings is 1. The summed E-state index contributed by atoms with van der Waals surface area (Å²) >= 11 is 2.96. The molecular weight excluding hydrogens is 869 g/mol. The van der Waals surface area contributed by atoms with Gasteiger partial charge in [-0.1, -0.05) is 45.0 Å². The first-order chi connectivity index (χ1) is 31.2. The summed E-state index contributed by atoms with van der Waals surface area (Å²) in [7, 11) is 0. The Morgan fingerprint density at radius 1 is 0.846 bits per heavy atom. The maximum atomic E-state index is 14.0. The fourth-order valence-electron chi connectivity index (χ4n) is 7.56. The maximum Gasteiger partial charge on any atom is 0.246 e. The van der Waals surface area contributed by atoms with Crippen LogP contribution in [0, 0.1) is 12.3 Å². The lowest BCUT2D eigenvalue weighted by molar-refractivity contribution is -0.144. The second-order valence-corrected chi connectivity index (χ2v) is 18.8. The molecule has 2 aromatic heterocycles. The highest BCUT2D eigenvalue weighted by atomic mass is 32.1. The number of benzene rings is 4. The van der Waals surface area contributed by atoms with Crippen molar-refractivity contribution in [1.29, 1.82) is 0 Å². The molecule has 1 fully saturated rings. The van der Waals surface area contributed by atoms with Gasteiger partial charge in [0, 0.05) is 45.6 Å². The number of aromatic hydroxyl groups is 2. The number of aliphatic hydroxyl groups excluding tert-OH is 1. The highest BCUT2D eigenvalue weighted by molar-refractivity contribution is 7.22. The lowest BCUT2D eigenvalue weighted by Gasteiger charge is -2.35. The highest BCUT2D eigenvalue weighted by Gasteiger charge is 2.44. The molecule has 0 saturated carbocycles. The Kier molecular flexibility index (Phi) is 15.0. The quantitative estimate of drug-likeness (QED) is 0.0446. The summed E-state index contributed by atoms with van der Waals surface area (Å²) in [5.41, 5.74) is 5.71. The molecule has 1 aliphatic heterocycles. The Balaban J connectivity index is 0.832. The van der Waals surface area contributed by atoms with Crippen LogP contribution in [-0.4, -0.2) is 106 Å². The minimum absolute atomic E-state index is 0.0326. The minimum atomic E-state index is -0.989. The van der Waals surface area contributed by atoms with Crippen LogP contribution in [0.2, 0.25) is 0 Å². The van der Waals surface area contributed by atoms with Gasteiger partial charge in [0.05, 0.1) is 42.0 Å². The van der Waals surface area contributed by atoms with Crippen LogP contribution in [0.4, 0.5) is 0 Å². The van der Waals surface area contributed by atoms with Gasteiger partial charge < -0.3 is 45.1 Å². The zero-order chi connectivity index (χ0) is 46.3. The molecule has 0 unspecified atom stereocenters. The lowest BCUT2D eigenvalue weighted by Crippen LogP contribution is -2.58. The normalized spacial score (nSPS) is 15.5. The van der Waals surface area contributed by atoms with Gasteiger partial charge in [-0.05, 0) is 95.8 Å². The van der Waals surface area contributed by atoms with Gasteiger partial charge in [-0.15, -0.1) is 22.7 Å². The molecule has 1 saturated heterocycles. The second kappa shape index (κ2) is 20.8. The molecule has 0 bridgehead atoms. The first-order valence-corrected chi connectivity index (χ1v) is 22.9. The van der Waals surface area contributed by atoms with E-state index in [2.05, 4.69) is 15.6 Å². The van der Waals surface area contributed by atoms with Gasteiger partial charge in [-0.3, -0.25) is 19.2 Å². The molecule has 1 aliphatic rings. The fraction of sp³-hybridized carbons (Fsp3) is 0.327. The molecule has 14 nitrogen and oxygen atoms in total. The predicted octanol–water partition coefficient (Wildman–Crippen LogP) is 6.86. The molecule has 3 atom stereocenters. The zero-order valence-electron chi connectivity index (χ0n) is 36.5. The van der Waals surface area contributed by atoms with E-state index in [1.165, 1.54) is 16.2 Å². The van der Waals surface area contributed by atoms with Crippen molar-refractivity contribution < 1.29 is 48.7 Å². The van der Waals surface area contributed by atoms with Crippen molar-refractivity contribution in [3.63, 3.8) is 0 Å². The number of hydrogen-bond acceptors (Lipinski definition) is 13. The Bertz CT molecular complexity index is 2620. The van der Waals surface area contributed by atoms with Crippen LogP contribution in [0.15, 0.2) is 96.5 Å². The molecule has 0 spiro atoms. The third-order valence-electron chi connectivity index (χ3n) is 11.0. The van der Waals surface area contributed by atoms with Gasteiger partial charge >= 0.3 is 0 Å². The number of ether oxygens (including phenoxy) is 3. The van der Waals surface area contributed by atoms with E-state index < -0.39 is 35.4 Å². The monoisotopic (exact) mass is 920 g/mol. The summed E-state index contributed by atoms with van der Waals surface area (Å²) < 4.78 is 17.7. The number of aromatic nitrogens is 1. The number of ketones is 1. The van der Waals surface area contributed by atoms with Gasteiger partial charge in [0.15, 0.2) is 5.78 Å². The van der Waals surface area contributed by atoms with Crippen LogP contribution in [0.1, 0.15) is 54.4 Å². The summed E-state index contributed by atoms with van der Waals surface area (Å²) in [6.45, 7) is 8.04. The number of aliphatic hydroxyl groups is 1. The number of nitrogens with zero attached hydrogens (tertiary/aromatic N) is 2. The SMILES string of the molecule is Cc1ncsc1-c1ccc(CNC(=O)[C@@H]2C[C@@H](O)CN2C(=O)[C@@H](NC(=O)COCCOCCOc2ccc(C(=O)c3c(-c4ccc(O)cc4)sc4cc(O)ccc34)cc2)C(C)(C)C)cc1. The lowest BCUT2D eigenvalue weighted by atomic mass is 9.85. The summed E-state index contributed by atoms with van der Waals surface area (Å²) in [6.07, 6.45) is -0.804.